The van der Waals surface area contributed by atoms with Crippen molar-refractivity contribution in [3.8, 4) is 5.75 Å². The van der Waals surface area contributed by atoms with E-state index >= 15 is 0 Å². The van der Waals surface area contributed by atoms with Crippen LogP contribution >= 0.6 is 11.6 Å². The zero-order valence-electron chi connectivity index (χ0n) is 5.92. The monoisotopic (exact) mass is 171 g/mol. The molecule has 1 radical (unpaired) electrons. The average Bonchev–Trinajstić information content (AvgIpc) is 2.07. The lowest BCUT2D eigenvalue weighted by Crippen LogP contribution is -2.00. The minimum Gasteiger partial charge on any atom is -0.467 e. The molecule has 0 aliphatic carbocycles. The number of benzene rings is 1. The van der Waals surface area contributed by atoms with E-state index in [1.807, 2.05) is 12.1 Å². The third kappa shape index (κ3) is 3.25. The third-order valence-electron chi connectivity index (χ3n) is 1.06. The van der Waals surface area contributed by atoms with Crippen LogP contribution in [0.1, 0.15) is 0 Å². The molecule has 1 rings (SSSR count). The maximum Gasteiger partial charge on any atom is 0.190 e. The van der Waals surface area contributed by atoms with Crippen molar-refractivity contribution in [2.24, 2.45) is 0 Å². The molecule has 0 aliphatic rings. The minimum atomic E-state index is 0.146. The highest BCUT2D eigenvalue weighted by molar-refractivity contribution is 6.17. The molecule has 2 nitrogen and oxygen atoms in total. The van der Waals surface area contributed by atoms with Crippen LogP contribution in [-0.2, 0) is 4.74 Å². The minimum absolute atomic E-state index is 0.146. The molecule has 3 heteroatoms. The lowest BCUT2D eigenvalue weighted by atomic mass is 10.3. The highest BCUT2D eigenvalue weighted by Gasteiger charge is 1.89. The van der Waals surface area contributed by atoms with Crippen molar-refractivity contribution >= 4 is 11.6 Å². The molecule has 0 saturated carbocycles. The molecule has 0 unspecified atom stereocenters. The van der Waals surface area contributed by atoms with Gasteiger partial charge in [0.2, 0.25) is 0 Å². The molecule has 0 heterocycles. The first kappa shape index (κ1) is 8.37. The van der Waals surface area contributed by atoms with Gasteiger partial charge in [0.25, 0.3) is 0 Å². The number of ether oxygens (including phenoxy) is 2. The maximum absolute atomic E-state index is 5.26. The van der Waals surface area contributed by atoms with Crippen LogP contribution in [0, 0.1) is 6.07 Å². The van der Waals surface area contributed by atoms with Gasteiger partial charge < -0.3 is 9.47 Å². The third-order valence-corrected chi connectivity index (χ3v) is 1.21. The predicted octanol–water partition coefficient (Wildman–Crippen LogP) is 2.04. The Morgan fingerprint density at radius 1 is 1.45 bits per heavy atom. The molecule has 0 N–H and O–H groups in total. The van der Waals surface area contributed by atoms with Crippen molar-refractivity contribution in [2.45, 2.75) is 0 Å². The van der Waals surface area contributed by atoms with Gasteiger partial charge in [0.15, 0.2) is 6.79 Å². The molecule has 0 bridgehead atoms. The van der Waals surface area contributed by atoms with Crippen molar-refractivity contribution in [3.05, 3.63) is 30.3 Å². The van der Waals surface area contributed by atoms with Gasteiger partial charge in [0.05, 0.1) is 0 Å². The van der Waals surface area contributed by atoms with E-state index in [1.54, 1.807) is 12.1 Å². The molecule has 1 aromatic rings. The van der Waals surface area contributed by atoms with Crippen molar-refractivity contribution in [2.75, 3.05) is 12.9 Å². The Bertz CT molecular complexity index is 189. The maximum atomic E-state index is 5.26. The van der Waals surface area contributed by atoms with E-state index in [2.05, 4.69) is 6.07 Å². The second kappa shape index (κ2) is 4.99. The number of halogens is 1. The van der Waals surface area contributed by atoms with Gasteiger partial charge in [-0.25, -0.2) is 0 Å². The summed E-state index contributed by atoms with van der Waals surface area (Å²) in [5.41, 5.74) is 0. The van der Waals surface area contributed by atoms with E-state index in [1.165, 1.54) is 0 Å². The summed E-state index contributed by atoms with van der Waals surface area (Å²) in [6.45, 7) is 0.171. The Balaban J connectivity index is 2.28. The summed E-state index contributed by atoms with van der Waals surface area (Å²) in [7, 11) is 0. The summed E-state index contributed by atoms with van der Waals surface area (Å²) in [4.78, 5) is 0. The summed E-state index contributed by atoms with van der Waals surface area (Å²) < 4.78 is 9.84. The second-order valence-electron chi connectivity index (χ2n) is 1.80. The van der Waals surface area contributed by atoms with Crippen LogP contribution in [0.25, 0.3) is 0 Å². The van der Waals surface area contributed by atoms with E-state index in [9.17, 15) is 0 Å². The van der Waals surface area contributed by atoms with Crippen molar-refractivity contribution in [3.63, 3.8) is 0 Å². The van der Waals surface area contributed by atoms with Gasteiger partial charge in [0, 0.05) is 6.07 Å². The fraction of sp³-hybridized carbons (Fsp3) is 0.250. The van der Waals surface area contributed by atoms with Crippen LogP contribution < -0.4 is 4.74 Å². The quantitative estimate of drug-likeness (QED) is 0.392. The molecule has 1 aromatic carbocycles. The van der Waals surface area contributed by atoms with Crippen LogP contribution in [0.15, 0.2) is 24.3 Å². The first-order chi connectivity index (χ1) is 5.43. The van der Waals surface area contributed by atoms with Gasteiger partial charge in [-0.05, 0) is 6.07 Å². The second-order valence-corrected chi connectivity index (χ2v) is 2.02. The van der Waals surface area contributed by atoms with Gasteiger partial charge in [0.1, 0.15) is 11.8 Å². The number of alkyl halides is 1. The summed E-state index contributed by atoms with van der Waals surface area (Å²) in [6, 6.07) is 10.3. The smallest absolute Gasteiger partial charge is 0.190 e. The number of hydrogen-bond donors (Lipinski definition) is 0. The van der Waals surface area contributed by atoms with Gasteiger partial charge in [-0.1, -0.05) is 29.8 Å². The molecule has 0 saturated heterocycles. The fourth-order valence-electron chi connectivity index (χ4n) is 0.603. The van der Waals surface area contributed by atoms with E-state index < -0.39 is 0 Å². The first-order valence-electron chi connectivity index (χ1n) is 3.16. The molecular formula is C8H8ClO2. The van der Waals surface area contributed by atoms with E-state index in [-0.39, 0.29) is 12.9 Å². The Labute approximate surface area is 70.7 Å². The zero-order valence-corrected chi connectivity index (χ0v) is 6.67. The van der Waals surface area contributed by atoms with Crippen molar-refractivity contribution < 1.29 is 9.47 Å². The average molecular weight is 172 g/mol. The van der Waals surface area contributed by atoms with Crippen molar-refractivity contribution in [1.82, 2.24) is 0 Å². The Kier molecular flexibility index (Phi) is 3.80. The largest absolute Gasteiger partial charge is 0.467 e. The summed E-state index contributed by atoms with van der Waals surface area (Å²) >= 11 is 5.26. The molecule has 11 heavy (non-hydrogen) atoms. The SMILES string of the molecule is ClCOCOc1[c]cccc1. The Morgan fingerprint density at radius 3 is 3.00 bits per heavy atom. The van der Waals surface area contributed by atoms with Crippen LogP contribution in [0.5, 0.6) is 5.75 Å². The predicted molar refractivity (Wildman–Crippen MR) is 42.6 cm³/mol. The van der Waals surface area contributed by atoms with Crippen molar-refractivity contribution in [1.29, 1.82) is 0 Å². The molecule has 0 aromatic heterocycles. The topological polar surface area (TPSA) is 18.5 Å². The van der Waals surface area contributed by atoms with Crippen LogP contribution in [-0.4, -0.2) is 12.9 Å². The van der Waals surface area contributed by atoms with E-state index in [4.69, 9.17) is 21.1 Å². The molecule has 0 atom stereocenters. The summed E-state index contributed by atoms with van der Waals surface area (Å²) in [6.07, 6.45) is 0. The Morgan fingerprint density at radius 2 is 2.36 bits per heavy atom. The molecule has 0 spiro atoms. The van der Waals surface area contributed by atoms with Crippen LogP contribution in [0.4, 0.5) is 0 Å². The number of rotatable bonds is 4. The van der Waals surface area contributed by atoms with E-state index in [0.717, 1.165) is 0 Å². The zero-order chi connectivity index (χ0) is 7.94. The fourth-order valence-corrected chi connectivity index (χ4v) is 0.666. The molecule has 0 amide bonds. The molecular weight excluding hydrogens is 164 g/mol. The standard InChI is InChI=1S/C8H8ClO2/c9-6-10-7-11-8-4-2-1-3-5-8/h1-4H,6-7H2. The highest BCUT2D eigenvalue weighted by Crippen LogP contribution is 2.06. The first-order valence-corrected chi connectivity index (χ1v) is 3.70. The Hall–Kier alpha value is -0.730. The summed E-state index contributed by atoms with van der Waals surface area (Å²) in [5, 5.41) is 0. The van der Waals surface area contributed by atoms with Gasteiger partial charge >= 0.3 is 0 Å². The van der Waals surface area contributed by atoms with Gasteiger partial charge in [-0.15, -0.1) is 0 Å². The normalized spacial score (nSPS) is 9.55. The molecule has 0 aliphatic heterocycles. The number of para-hydroxylation sites is 1. The van der Waals surface area contributed by atoms with Gasteiger partial charge in [-0.2, -0.15) is 0 Å². The van der Waals surface area contributed by atoms with E-state index in [0.29, 0.717) is 5.75 Å². The lowest BCUT2D eigenvalue weighted by Gasteiger charge is -2.02. The van der Waals surface area contributed by atoms with Gasteiger partial charge in [-0.3, -0.25) is 0 Å². The summed E-state index contributed by atoms with van der Waals surface area (Å²) in [5.74, 6) is 0.664. The lowest BCUT2D eigenvalue weighted by molar-refractivity contribution is 0.0399. The van der Waals surface area contributed by atoms with Crippen LogP contribution in [0.3, 0.4) is 0 Å². The number of hydrogen-bond acceptors (Lipinski definition) is 2. The molecule has 59 valence electrons. The highest BCUT2D eigenvalue weighted by atomic mass is 35.5. The molecule has 0 fully saturated rings. The van der Waals surface area contributed by atoms with Crippen LogP contribution in [0.2, 0.25) is 0 Å².